The van der Waals surface area contributed by atoms with Gasteiger partial charge in [0, 0.05) is 10.4 Å². The van der Waals surface area contributed by atoms with Crippen LogP contribution in [-0.4, -0.2) is 37.5 Å². The van der Waals surface area contributed by atoms with Crippen molar-refractivity contribution in [2.75, 3.05) is 26.8 Å². The van der Waals surface area contributed by atoms with Crippen LogP contribution >= 0.6 is 11.3 Å². The summed E-state index contributed by atoms with van der Waals surface area (Å²) >= 11 is 1.65. The van der Waals surface area contributed by atoms with Gasteiger partial charge >= 0.3 is 0 Å². The Bertz CT molecular complexity index is 943. The predicted molar refractivity (Wildman–Crippen MR) is 104 cm³/mol. The summed E-state index contributed by atoms with van der Waals surface area (Å²) in [6.07, 6.45) is 3.21. The van der Waals surface area contributed by atoms with Gasteiger partial charge in [0.25, 0.3) is 0 Å². The van der Waals surface area contributed by atoms with Gasteiger partial charge in [0.05, 0.1) is 32.9 Å². The minimum atomic E-state index is 0.544. The van der Waals surface area contributed by atoms with Crippen molar-refractivity contribution in [1.29, 1.82) is 0 Å². The Morgan fingerprint density at radius 3 is 2.35 bits per heavy atom. The second-order valence-corrected chi connectivity index (χ2v) is 6.72. The monoisotopic (exact) mass is 372 g/mol. The van der Waals surface area contributed by atoms with Gasteiger partial charge in [0.15, 0.2) is 17.3 Å². The number of hydrogen-bond acceptors (Lipinski definition) is 8. The van der Waals surface area contributed by atoms with Gasteiger partial charge in [-0.3, -0.25) is 5.43 Å². The van der Waals surface area contributed by atoms with Gasteiger partial charge in [-0.25, -0.2) is 9.97 Å². The van der Waals surface area contributed by atoms with Crippen molar-refractivity contribution < 1.29 is 14.2 Å². The smallest absolute Gasteiger partial charge is 0.203 e. The Hall–Kier alpha value is -2.87. The van der Waals surface area contributed by atoms with Gasteiger partial charge in [-0.15, -0.1) is 11.3 Å². The van der Waals surface area contributed by atoms with Crippen LogP contribution in [0, 0.1) is 13.8 Å². The van der Waals surface area contributed by atoms with E-state index in [1.165, 1.54) is 11.2 Å². The highest BCUT2D eigenvalue weighted by Gasteiger charge is 2.13. The number of ether oxygens (including phenoxy) is 3. The SMILES string of the molecule is COc1cc(/C=N/Nc2ncnc3sc(C)c(C)c23)cc(OC)c1OC. The summed E-state index contributed by atoms with van der Waals surface area (Å²) in [5.74, 6) is 2.37. The third kappa shape index (κ3) is 3.28. The number of hydrogen-bond donors (Lipinski definition) is 1. The molecule has 0 saturated carbocycles. The van der Waals surface area contributed by atoms with E-state index in [1.807, 2.05) is 12.1 Å². The van der Waals surface area contributed by atoms with Gasteiger partial charge in [-0.2, -0.15) is 5.10 Å². The molecule has 136 valence electrons. The second kappa shape index (κ2) is 7.57. The summed E-state index contributed by atoms with van der Waals surface area (Å²) in [6, 6.07) is 3.64. The highest BCUT2D eigenvalue weighted by Crippen LogP contribution is 2.38. The van der Waals surface area contributed by atoms with Crippen LogP contribution in [0.15, 0.2) is 23.6 Å². The third-order valence-corrected chi connectivity index (χ3v) is 5.15. The minimum Gasteiger partial charge on any atom is -0.493 e. The highest BCUT2D eigenvalue weighted by atomic mass is 32.1. The number of nitrogens with zero attached hydrogens (tertiary/aromatic N) is 3. The number of rotatable bonds is 6. The maximum atomic E-state index is 5.35. The molecular weight excluding hydrogens is 352 g/mol. The molecule has 0 radical (unpaired) electrons. The van der Waals surface area contributed by atoms with E-state index >= 15 is 0 Å². The number of anilines is 1. The standard InChI is InChI=1S/C18H20N4O3S/c1-10-11(2)26-18-15(10)17(19-9-20-18)22-21-8-12-6-13(23-3)16(25-5)14(7-12)24-4/h6-9H,1-5H3,(H,19,20,22)/b21-8+. The quantitative estimate of drug-likeness (QED) is 0.524. The average Bonchev–Trinajstić information content (AvgIpc) is 2.95. The molecule has 1 N–H and O–H groups in total. The van der Waals surface area contributed by atoms with Crippen molar-refractivity contribution in [3.05, 3.63) is 34.5 Å². The minimum absolute atomic E-state index is 0.544. The van der Waals surface area contributed by atoms with E-state index in [1.54, 1.807) is 38.9 Å². The van der Waals surface area contributed by atoms with E-state index in [9.17, 15) is 0 Å². The van der Waals surface area contributed by atoms with Gasteiger partial charge in [-0.05, 0) is 31.5 Å². The normalized spacial score (nSPS) is 11.1. The van der Waals surface area contributed by atoms with Crippen LogP contribution in [0.25, 0.3) is 10.2 Å². The van der Waals surface area contributed by atoms with E-state index in [0.29, 0.717) is 23.1 Å². The molecule has 0 fully saturated rings. The molecule has 3 aromatic rings. The fourth-order valence-electron chi connectivity index (χ4n) is 2.61. The Labute approximate surface area is 155 Å². The summed E-state index contributed by atoms with van der Waals surface area (Å²) in [4.78, 5) is 10.8. The molecule has 0 atom stereocenters. The van der Waals surface area contributed by atoms with Crippen molar-refractivity contribution in [2.24, 2.45) is 5.10 Å². The Balaban J connectivity index is 1.90. The Kier molecular flexibility index (Phi) is 5.22. The lowest BCUT2D eigenvalue weighted by Gasteiger charge is -2.12. The first-order valence-corrected chi connectivity index (χ1v) is 8.70. The first-order valence-electron chi connectivity index (χ1n) is 7.88. The molecule has 0 bridgehead atoms. The molecule has 0 amide bonds. The molecule has 0 saturated heterocycles. The fourth-order valence-corrected chi connectivity index (χ4v) is 3.61. The lowest BCUT2D eigenvalue weighted by molar-refractivity contribution is 0.324. The first-order chi connectivity index (χ1) is 12.6. The van der Waals surface area contributed by atoms with Gasteiger partial charge in [0.2, 0.25) is 5.75 Å². The van der Waals surface area contributed by atoms with E-state index in [0.717, 1.165) is 21.3 Å². The fraction of sp³-hybridized carbons (Fsp3) is 0.278. The maximum absolute atomic E-state index is 5.35. The zero-order valence-corrected chi connectivity index (χ0v) is 16.1. The largest absolute Gasteiger partial charge is 0.493 e. The molecule has 1 aromatic carbocycles. The van der Waals surface area contributed by atoms with Crippen molar-refractivity contribution >= 4 is 33.6 Å². The van der Waals surface area contributed by atoms with E-state index in [2.05, 4.69) is 34.3 Å². The van der Waals surface area contributed by atoms with Crippen molar-refractivity contribution in [3.8, 4) is 17.2 Å². The number of nitrogens with one attached hydrogen (secondary N) is 1. The van der Waals surface area contributed by atoms with Crippen LogP contribution in [0.4, 0.5) is 5.82 Å². The zero-order valence-electron chi connectivity index (χ0n) is 15.3. The lowest BCUT2D eigenvalue weighted by atomic mass is 10.2. The highest BCUT2D eigenvalue weighted by molar-refractivity contribution is 7.18. The number of aromatic nitrogens is 2. The molecule has 0 aliphatic carbocycles. The van der Waals surface area contributed by atoms with Crippen molar-refractivity contribution in [3.63, 3.8) is 0 Å². The molecule has 7 nitrogen and oxygen atoms in total. The number of hydrazone groups is 1. The number of thiophene rings is 1. The van der Waals surface area contributed by atoms with Gasteiger partial charge in [0.1, 0.15) is 11.2 Å². The lowest BCUT2D eigenvalue weighted by Crippen LogP contribution is -1.98. The van der Waals surface area contributed by atoms with Crippen molar-refractivity contribution in [1.82, 2.24) is 9.97 Å². The van der Waals surface area contributed by atoms with Crippen LogP contribution in [-0.2, 0) is 0 Å². The molecular formula is C18H20N4O3S. The third-order valence-electron chi connectivity index (χ3n) is 4.04. The number of aryl methyl sites for hydroxylation is 2. The first kappa shape index (κ1) is 17.9. The maximum Gasteiger partial charge on any atom is 0.203 e. The van der Waals surface area contributed by atoms with Crippen LogP contribution in [0.1, 0.15) is 16.0 Å². The Morgan fingerprint density at radius 2 is 1.73 bits per heavy atom. The molecule has 0 aliphatic heterocycles. The molecule has 3 rings (SSSR count). The van der Waals surface area contributed by atoms with Gasteiger partial charge in [-0.1, -0.05) is 0 Å². The predicted octanol–water partition coefficient (Wildman–Crippen LogP) is 3.78. The number of benzene rings is 1. The summed E-state index contributed by atoms with van der Waals surface area (Å²) in [7, 11) is 4.73. The Morgan fingerprint density at radius 1 is 1.04 bits per heavy atom. The number of methoxy groups -OCH3 is 3. The van der Waals surface area contributed by atoms with E-state index < -0.39 is 0 Å². The molecule has 26 heavy (non-hydrogen) atoms. The molecule has 0 aliphatic rings. The van der Waals surface area contributed by atoms with Crippen LogP contribution in [0.3, 0.4) is 0 Å². The van der Waals surface area contributed by atoms with Crippen LogP contribution in [0.2, 0.25) is 0 Å². The van der Waals surface area contributed by atoms with E-state index in [-0.39, 0.29) is 0 Å². The molecule has 2 heterocycles. The summed E-state index contributed by atoms with van der Waals surface area (Å²) < 4.78 is 16.0. The number of fused-ring (bicyclic) bond motifs is 1. The topological polar surface area (TPSA) is 77.9 Å². The van der Waals surface area contributed by atoms with Crippen LogP contribution in [0.5, 0.6) is 17.2 Å². The van der Waals surface area contributed by atoms with Crippen molar-refractivity contribution in [2.45, 2.75) is 13.8 Å². The molecule has 0 unspecified atom stereocenters. The molecule has 8 heteroatoms. The van der Waals surface area contributed by atoms with E-state index in [4.69, 9.17) is 14.2 Å². The summed E-state index contributed by atoms with van der Waals surface area (Å²) in [6.45, 7) is 4.14. The molecule has 0 spiro atoms. The second-order valence-electron chi connectivity index (χ2n) is 5.51. The van der Waals surface area contributed by atoms with Gasteiger partial charge < -0.3 is 14.2 Å². The summed E-state index contributed by atoms with van der Waals surface area (Å²) in [5, 5.41) is 5.30. The summed E-state index contributed by atoms with van der Waals surface area (Å²) in [5.41, 5.74) is 4.97. The average molecular weight is 372 g/mol. The van der Waals surface area contributed by atoms with Crippen LogP contribution < -0.4 is 19.6 Å². The molecule has 2 aromatic heterocycles. The zero-order chi connectivity index (χ0) is 18.7.